The molecule has 0 aromatic carbocycles. The highest BCUT2D eigenvalue weighted by atomic mass is 14.2. The molecule has 0 aromatic rings. The molecular formula is C8H13. The van der Waals surface area contributed by atoms with Crippen molar-refractivity contribution < 1.29 is 0 Å². The van der Waals surface area contributed by atoms with Crippen molar-refractivity contribution in [2.24, 2.45) is 5.92 Å². The molecule has 0 unspecified atom stereocenters. The zero-order chi connectivity index (χ0) is 5.82. The lowest BCUT2D eigenvalue weighted by atomic mass is 10.1. The maximum atomic E-state index is 3.08. The van der Waals surface area contributed by atoms with Crippen molar-refractivity contribution in [1.82, 2.24) is 0 Å². The van der Waals surface area contributed by atoms with Gasteiger partial charge in [-0.25, -0.2) is 0 Å². The average Bonchev–Trinajstić information content (AvgIpc) is 2.19. The molecule has 45 valence electrons. The van der Waals surface area contributed by atoms with Crippen molar-refractivity contribution in [3.05, 3.63) is 12.2 Å². The van der Waals surface area contributed by atoms with E-state index in [1.165, 1.54) is 25.7 Å². The van der Waals surface area contributed by atoms with E-state index in [0.29, 0.717) is 0 Å². The highest BCUT2D eigenvalue weighted by Gasteiger charge is 2.10. The van der Waals surface area contributed by atoms with Crippen LogP contribution < -0.4 is 0 Å². The van der Waals surface area contributed by atoms with Gasteiger partial charge in [0.25, 0.3) is 0 Å². The van der Waals surface area contributed by atoms with E-state index in [-0.39, 0.29) is 0 Å². The van der Waals surface area contributed by atoms with Crippen LogP contribution >= 0.6 is 0 Å². The number of hydrogen-bond acceptors (Lipinski definition) is 0. The van der Waals surface area contributed by atoms with E-state index < -0.39 is 0 Å². The molecule has 1 aliphatic rings. The van der Waals surface area contributed by atoms with Crippen LogP contribution in [0.5, 0.6) is 0 Å². The molecule has 0 nitrogen and oxygen atoms in total. The average molecular weight is 109 g/mol. The molecule has 1 radical (unpaired) electrons. The van der Waals surface area contributed by atoms with Crippen molar-refractivity contribution in [2.45, 2.75) is 32.6 Å². The van der Waals surface area contributed by atoms with E-state index in [9.17, 15) is 0 Å². The van der Waals surface area contributed by atoms with E-state index in [4.69, 9.17) is 0 Å². The van der Waals surface area contributed by atoms with Crippen LogP contribution in [0.2, 0.25) is 0 Å². The van der Waals surface area contributed by atoms with E-state index in [2.05, 4.69) is 12.2 Å². The Hall–Kier alpha value is -0.260. The predicted molar refractivity (Wildman–Crippen MR) is 35.4 cm³/mol. The minimum atomic E-state index is 0.875. The van der Waals surface area contributed by atoms with Crippen molar-refractivity contribution in [2.75, 3.05) is 0 Å². The van der Waals surface area contributed by atoms with Gasteiger partial charge >= 0.3 is 0 Å². The first-order valence-electron chi connectivity index (χ1n) is 3.44. The molecule has 0 aliphatic heterocycles. The normalized spacial score (nSPS) is 23.1. The van der Waals surface area contributed by atoms with E-state index in [1.807, 2.05) is 6.92 Å². The monoisotopic (exact) mass is 109 g/mol. The minimum Gasteiger partial charge on any atom is -0.0782 e. The molecule has 0 amide bonds. The molecule has 1 saturated carbocycles. The van der Waals surface area contributed by atoms with Gasteiger partial charge in [0.05, 0.1) is 0 Å². The Morgan fingerprint density at radius 2 is 2.00 bits per heavy atom. The highest BCUT2D eigenvalue weighted by Crippen LogP contribution is 2.25. The molecule has 1 rings (SSSR count). The SMILES string of the molecule is C/[C]=C\C1CCCC1. The Kier molecular flexibility index (Phi) is 2.13. The quantitative estimate of drug-likeness (QED) is 0.485. The molecule has 8 heavy (non-hydrogen) atoms. The summed E-state index contributed by atoms with van der Waals surface area (Å²) in [6, 6.07) is 0. The summed E-state index contributed by atoms with van der Waals surface area (Å²) in [5.41, 5.74) is 0. The van der Waals surface area contributed by atoms with Gasteiger partial charge in [-0.15, -0.1) is 0 Å². The van der Waals surface area contributed by atoms with Crippen LogP contribution in [0, 0.1) is 12.0 Å². The summed E-state index contributed by atoms with van der Waals surface area (Å²) in [5, 5.41) is 0. The zero-order valence-corrected chi connectivity index (χ0v) is 5.48. The molecule has 1 fully saturated rings. The second-order valence-corrected chi connectivity index (χ2v) is 2.50. The van der Waals surface area contributed by atoms with Gasteiger partial charge in [0.1, 0.15) is 0 Å². The third-order valence-corrected chi connectivity index (χ3v) is 1.80. The van der Waals surface area contributed by atoms with Gasteiger partial charge in [0.15, 0.2) is 0 Å². The topological polar surface area (TPSA) is 0 Å². The molecular weight excluding hydrogens is 96.1 g/mol. The van der Waals surface area contributed by atoms with Gasteiger partial charge < -0.3 is 0 Å². The van der Waals surface area contributed by atoms with Gasteiger partial charge in [-0.1, -0.05) is 25.0 Å². The van der Waals surface area contributed by atoms with Crippen LogP contribution in [-0.4, -0.2) is 0 Å². The van der Waals surface area contributed by atoms with Gasteiger partial charge in [-0.3, -0.25) is 0 Å². The second-order valence-electron chi connectivity index (χ2n) is 2.50. The van der Waals surface area contributed by atoms with Gasteiger partial charge in [0, 0.05) is 0 Å². The Balaban J connectivity index is 2.24. The zero-order valence-electron chi connectivity index (χ0n) is 5.48. The molecule has 0 saturated heterocycles. The maximum Gasteiger partial charge on any atom is -0.0228 e. The molecule has 0 N–H and O–H groups in total. The van der Waals surface area contributed by atoms with Crippen LogP contribution in [0.15, 0.2) is 6.08 Å². The Bertz CT molecular complexity index is 76.0. The minimum absolute atomic E-state index is 0.875. The third-order valence-electron chi connectivity index (χ3n) is 1.80. The fourth-order valence-electron chi connectivity index (χ4n) is 1.36. The largest absolute Gasteiger partial charge is 0.0782 e. The van der Waals surface area contributed by atoms with Crippen LogP contribution in [0.25, 0.3) is 0 Å². The third kappa shape index (κ3) is 1.36. The number of allylic oxidation sites excluding steroid dienone is 2. The maximum absolute atomic E-state index is 3.08. The standard InChI is InChI=1S/C8H13/c1-2-5-8-6-3-4-7-8/h5,8H,3-4,6-7H2,1H3. The lowest BCUT2D eigenvalue weighted by Crippen LogP contribution is -1.83. The van der Waals surface area contributed by atoms with E-state index in [1.54, 1.807) is 0 Å². The van der Waals surface area contributed by atoms with Crippen LogP contribution in [-0.2, 0) is 0 Å². The Morgan fingerprint density at radius 1 is 1.38 bits per heavy atom. The molecule has 0 aromatic heterocycles. The van der Waals surface area contributed by atoms with Crippen LogP contribution in [0.3, 0.4) is 0 Å². The first kappa shape index (κ1) is 5.87. The Morgan fingerprint density at radius 3 is 2.50 bits per heavy atom. The van der Waals surface area contributed by atoms with Crippen molar-refractivity contribution in [1.29, 1.82) is 0 Å². The lowest BCUT2D eigenvalue weighted by molar-refractivity contribution is 0.683. The number of rotatable bonds is 1. The fourth-order valence-corrected chi connectivity index (χ4v) is 1.36. The summed E-state index contributed by atoms with van der Waals surface area (Å²) in [6.45, 7) is 1.98. The molecule has 0 heteroatoms. The predicted octanol–water partition coefficient (Wildman–Crippen LogP) is 2.56. The molecule has 0 atom stereocenters. The summed E-state index contributed by atoms with van der Waals surface area (Å²) in [7, 11) is 0. The fraction of sp³-hybridized carbons (Fsp3) is 0.750. The molecule has 1 aliphatic carbocycles. The van der Waals surface area contributed by atoms with Crippen molar-refractivity contribution in [3.63, 3.8) is 0 Å². The summed E-state index contributed by atoms with van der Waals surface area (Å²) in [4.78, 5) is 0. The van der Waals surface area contributed by atoms with Crippen LogP contribution in [0.4, 0.5) is 0 Å². The van der Waals surface area contributed by atoms with E-state index in [0.717, 1.165) is 5.92 Å². The summed E-state index contributed by atoms with van der Waals surface area (Å²) in [5.74, 6) is 0.875. The summed E-state index contributed by atoms with van der Waals surface area (Å²) in [6.07, 6.45) is 11.0. The van der Waals surface area contributed by atoms with Crippen LogP contribution in [0.1, 0.15) is 32.6 Å². The Labute approximate surface area is 51.6 Å². The number of hydrogen-bond donors (Lipinski definition) is 0. The first-order valence-corrected chi connectivity index (χ1v) is 3.44. The summed E-state index contributed by atoms with van der Waals surface area (Å²) < 4.78 is 0. The smallest absolute Gasteiger partial charge is 0.0228 e. The van der Waals surface area contributed by atoms with Gasteiger partial charge in [-0.05, 0) is 25.7 Å². The second kappa shape index (κ2) is 2.91. The van der Waals surface area contributed by atoms with Crippen molar-refractivity contribution >= 4 is 0 Å². The van der Waals surface area contributed by atoms with Gasteiger partial charge in [0.2, 0.25) is 0 Å². The molecule has 0 spiro atoms. The highest BCUT2D eigenvalue weighted by molar-refractivity contribution is 4.83. The molecule has 0 bridgehead atoms. The van der Waals surface area contributed by atoms with Crippen molar-refractivity contribution in [3.8, 4) is 0 Å². The lowest BCUT2D eigenvalue weighted by Gasteiger charge is -1.96. The molecule has 0 heterocycles. The van der Waals surface area contributed by atoms with E-state index >= 15 is 0 Å². The summed E-state index contributed by atoms with van der Waals surface area (Å²) >= 11 is 0. The first-order chi connectivity index (χ1) is 3.93. The van der Waals surface area contributed by atoms with Gasteiger partial charge in [-0.2, -0.15) is 0 Å².